The van der Waals surface area contributed by atoms with Gasteiger partial charge in [-0.3, -0.25) is 0 Å². The number of benzene rings is 2. The number of thioether (sulfide) groups is 1. The van der Waals surface area contributed by atoms with E-state index in [0.717, 1.165) is 21.8 Å². The summed E-state index contributed by atoms with van der Waals surface area (Å²) in [5.74, 6) is 1.53. The highest BCUT2D eigenvalue weighted by Gasteiger charge is 2.13. The summed E-state index contributed by atoms with van der Waals surface area (Å²) in [4.78, 5) is 1.38. The molecule has 0 fully saturated rings. The fraction of sp³-hybridized carbons (Fsp3) is 0.188. The molecule has 0 aliphatic carbocycles. The monoisotopic (exact) mass is 303 g/mol. The van der Waals surface area contributed by atoms with Crippen LogP contribution in [0.1, 0.15) is 16.7 Å². The van der Waals surface area contributed by atoms with Gasteiger partial charge in [-0.1, -0.05) is 36.0 Å². The van der Waals surface area contributed by atoms with Gasteiger partial charge in [0.1, 0.15) is 16.5 Å². The smallest absolute Gasteiger partial charge is 0.138 e. The Labute approximate surface area is 129 Å². The Morgan fingerprint density at radius 3 is 2.50 bits per heavy atom. The number of nitrogens with two attached hydrogens (primary N) is 1. The highest BCUT2D eigenvalue weighted by Crippen LogP contribution is 2.33. The number of ether oxygens (including phenoxy) is 1. The fourth-order valence-electron chi connectivity index (χ4n) is 2.04. The first kappa shape index (κ1) is 14.9. The van der Waals surface area contributed by atoms with Crippen LogP contribution in [0.15, 0.2) is 41.3 Å². The molecule has 20 heavy (non-hydrogen) atoms. The Kier molecular flexibility index (Phi) is 4.68. The quantitative estimate of drug-likeness (QED) is 0.668. The van der Waals surface area contributed by atoms with Crippen molar-refractivity contribution in [1.82, 2.24) is 0 Å². The summed E-state index contributed by atoms with van der Waals surface area (Å²) < 4.78 is 6.02. The van der Waals surface area contributed by atoms with E-state index in [-0.39, 0.29) is 0 Å². The number of hydrogen-bond donors (Lipinski definition) is 1. The molecule has 2 N–H and O–H groups in total. The molecule has 0 spiro atoms. The number of rotatable bonds is 4. The molecule has 0 unspecified atom stereocenters. The first-order valence-electron chi connectivity index (χ1n) is 6.25. The number of thiocarbonyl (C=S) groups is 1. The van der Waals surface area contributed by atoms with Gasteiger partial charge in [0.2, 0.25) is 0 Å². The van der Waals surface area contributed by atoms with Crippen LogP contribution in [-0.4, -0.2) is 11.2 Å². The molecule has 0 bridgehead atoms. The average Bonchev–Trinajstić information content (AvgIpc) is 2.41. The lowest BCUT2D eigenvalue weighted by molar-refractivity contribution is 0.476. The molecule has 4 heteroatoms. The van der Waals surface area contributed by atoms with E-state index >= 15 is 0 Å². The highest BCUT2D eigenvalue weighted by atomic mass is 32.2. The molecule has 2 aromatic carbocycles. The molecule has 0 aromatic heterocycles. The molecule has 0 saturated carbocycles. The van der Waals surface area contributed by atoms with Crippen molar-refractivity contribution in [3.63, 3.8) is 0 Å². The first-order valence-corrected chi connectivity index (χ1v) is 7.88. The molecule has 0 heterocycles. The summed E-state index contributed by atoms with van der Waals surface area (Å²) >= 11 is 6.77. The molecule has 0 aliphatic heterocycles. The molecular formula is C16H17NOS2. The summed E-state index contributed by atoms with van der Waals surface area (Å²) in [6.07, 6.45) is 2.00. The molecule has 0 amide bonds. The Morgan fingerprint density at radius 2 is 1.90 bits per heavy atom. The van der Waals surface area contributed by atoms with Gasteiger partial charge < -0.3 is 10.5 Å². The van der Waals surface area contributed by atoms with Gasteiger partial charge >= 0.3 is 0 Å². The largest absolute Gasteiger partial charge is 0.456 e. The van der Waals surface area contributed by atoms with E-state index in [1.54, 1.807) is 11.8 Å². The zero-order valence-corrected chi connectivity index (χ0v) is 13.4. The second-order valence-corrected chi connectivity index (χ2v) is 5.86. The van der Waals surface area contributed by atoms with Crippen LogP contribution < -0.4 is 10.5 Å². The standard InChI is InChI=1S/C16H17NOS2/c1-10-7-8-12(11(2)9-10)18-13-5-4-6-14(20-3)15(13)16(17)19/h4-9H,1-3H3,(H2,17,19). The Morgan fingerprint density at radius 1 is 1.15 bits per heavy atom. The molecule has 2 rings (SSSR count). The van der Waals surface area contributed by atoms with Crippen LogP contribution in [0.3, 0.4) is 0 Å². The van der Waals surface area contributed by atoms with Crippen LogP contribution in [0.4, 0.5) is 0 Å². The lowest BCUT2D eigenvalue weighted by atomic mass is 10.1. The molecule has 0 radical (unpaired) electrons. The van der Waals surface area contributed by atoms with Crippen molar-refractivity contribution in [1.29, 1.82) is 0 Å². The SMILES string of the molecule is CSc1cccc(Oc2ccc(C)cc2C)c1C(N)=S. The Bertz CT molecular complexity index is 653. The van der Waals surface area contributed by atoms with Crippen molar-refractivity contribution >= 4 is 29.0 Å². The van der Waals surface area contributed by atoms with Gasteiger partial charge in [0.25, 0.3) is 0 Å². The topological polar surface area (TPSA) is 35.2 Å². The molecule has 2 aromatic rings. The van der Waals surface area contributed by atoms with Gasteiger partial charge in [0.15, 0.2) is 0 Å². The molecular weight excluding hydrogens is 286 g/mol. The predicted octanol–water partition coefficient (Wildman–Crippen LogP) is 4.45. The van der Waals surface area contributed by atoms with Crippen LogP contribution in [0.2, 0.25) is 0 Å². The summed E-state index contributed by atoms with van der Waals surface area (Å²) in [6.45, 7) is 4.09. The van der Waals surface area contributed by atoms with E-state index in [2.05, 4.69) is 13.0 Å². The maximum Gasteiger partial charge on any atom is 0.138 e. The van der Waals surface area contributed by atoms with E-state index in [0.29, 0.717) is 10.7 Å². The number of hydrogen-bond acceptors (Lipinski definition) is 3. The highest BCUT2D eigenvalue weighted by molar-refractivity contribution is 7.98. The fourth-order valence-corrected chi connectivity index (χ4v) is 2.95. The minimum atomic E-state index is 0.356. The molecule has 104 valence electrons. The zero-order valence-electron chi connectivity index (χ0n) is 11.8. The second kappa shape index (κ2) is 6.29. The number of aryl methyl sites for hydroxylation is 2. The van der Waals surface area contributed by atoms with Gasteiger partial charge in [0, 0.05) is 4.90 Å². The van der Waals surface area contributed by atoms with Crippen molar-refractivity contribution in [2.75, 3.05) is 6.26 Å². The maximum atomic E-state index is 6.02. The second-order valence-electron chi connectivity index (χ2n) is 4.57. The van der Waals surface area contributed by atoms with E-state index in [4.69, 9.17) is 22.7 Å². The minimum absolute atomic E-state index is 0.356. The van der Waals surface area contributed by atoms with Crippen molar-refractivity contribution < 1.29 is 4.74 Å². The lowest BCUT2D eigenvalue weighted by Crippen LogP contribution is -2.12. The maximum absolute atomic E-state index is 6.02. The van der Waals surface area contributed by atoms with E-state index in [1.807, 2.05) is 43.5 Å². The van der Waals surface area contributed by atoms with Crippen molar-refractivity contribution in [3.8, 4) is 11.5 Å². The Hall–Kier alpha value is -1.52. The van der Waals surface area contributed by atoms with Crippen LogP contribution in [0, 0.1) is 13.8 Å². The summed E-state index contributed by atoms with van der Waals surface area (Å²) in [7, 11) is 0. The first-order chi connectivity index (χ1) is 9.52. The summed E-state index contributed by atoms with van der Waals surface area (Å²) in [5, 5.41) is 0. The molecule has 2 nitrogen and oxygen atoms in total. The van der Waals surface area contributed by atoms with E-state index < -0.39 is 0 Å². The van der Waals surface area contributed by atoms with Crippen LogP contribution in [0.25, 0.3) is 0 Å². The van der Waals surface area contributed by atoms with Gasteiger partial charge in [-0.2, -0.15) is 0 Å². The van der Waals surface area contributed by atoms with E-state index in [9.17, 15) is 0 Å². The van der Waals surface area contributed by atoms with Crippen molar-refractivity contribution in [2.45, 2.75) is 18.7 Å². The van der Waals surface area contributed by atoms with Gasteiger partial charge in [-0.15, -0.1) is 11.8 Å². The lowest BCUT2D eigenvalue weighted by Gasteiger charge is -2.15. The van der Waals surface area contributed by atoms with Crippen LogP contribution >= 0.6 is 24.0 Å². The minimum Gasteiger partial charge on any atom is -0.456 e. The van der Waals surface area contributed by atoms with Crippen LogP contribution in [0.5, 0.6) is 11.5 Å². The summed E-state index contributed by atoms with van der Waals surface area (Å²) in [6, 6.07) is 11.9. The van der Waals surface area contributed by atoms with Gasteiger partial charge in [0.05, 0.1) is 5.56 Å². The van der Waals surface area contributed by atoms with Crippen molar-refractivity contribution in [3.05, 3.63) is 53.1 Å². The van der Waals surface area contributed by atoms with E-state index in [1.165, 1.54) is 5.56 Å². The zero-order chi connectivity index (χ0) is 14.7. The third-order valence-electron chi connectivity index (χ3n) is 3.00. The van der Waals surface area contributed by atoms with Gasteiger partial charge in [-0.25, -0.2) is 0 Å². The summed E-state index contributed by atoms with van der Waals surface area (Å²) in [5.41, 5.74) is 8.95. The normalized spacial score (nSPS) is 10.3. The molecule has 0 saturated heterocycles. The van der Waals surface area contributed by atoms with Crippen LogP contribution in [-0.2, 0) is 0 Å². The predicted molar refractivity (Wildman–Crippen MR) is 90.1 cm³/mol. The molecule has 0 aliphatic rings. The van der Waals surface area contributed by atoms with Gasteiger partial charge in [-0.05, 0) is 43.9 Å². The van der Waals surface area contributed by atoms with Crippen molar-refractivity contribution in [2.24, 2.45) is 5.73 Å². The molecule has 0 atom stereocenters. The average molecular weight is 303 g/mol. The third kappa shape index (κ3) is 3.14. The Balaban J connectivity index is 2.45. The third-order valence-corrected chi connectivity index (χ3v) is 3.99.